The molecule has 1 aromatic rings. The van der Waals surface area contributed by atoms with Gasteiger partial charge in [0.05, 0.1) is 12.0 Å². The zero-order chi connectivity index (χ0) is 17.4. The summed E-state index contributed by atoms with van der Waals surface area (Å²) in [5.41, 5.74) is 5.93. The molecule has 1 aliphatic heterocycles. The van der Waals surface area contributed by atoms with Gasteiger partial charge in [-0.2, -0.15) is 4.31 Å². The Morgan fingerprint density at radius 1 is 1.25 bits per heavy atom. The van der Waals surface area contributed by atoms with E-state index in [4.69, 9.17) is 10.5 Å². The van der Waals surface area contributed by atoms with Gasteiger partial charge in [0.25, 0.3) is 0 Å². The molecule has 0 bridgehead atoms. The third-order valence-corrected chi connectivity index (χ3v) is 7.11. The van der Waals surface area contributed by atoms with E-state index in [1.807, 2.05) is 6.92 Å². The van der Waals surface area contributed by atoms with Gasteiger partial charge in [0.1, 0.15) is 10.6 Å². The van der Waals surface area contributed by atoms with Crippen molar-refractivity contribution in [2.45, 2.75) is 29.2 Å². The summed E-state index contributed by atoms with van der Waals surface area (Å²) < 4.78 is 55.7. The molecule has 0 aliphatic carbocycles. The molecule has 2 atom stereocenters. The molecule has 138 valence electrons. The fraction of sp³-hybridized carbons (Fsp3) is 0.571. The summed E-state index contributed by atoms with van der Waals surface area (Å²) in [6, 6.07) is 3.82. The fourth-order valence-corrected chi connectivity index (χ4v) is 5.03. The summed E-state index contributed by atoms with van der Waals surface area (Å²) in [5, 5.41) is 0. The SMILES string of the molecule is COc1ccc(S(C)(=O)=O)cc1S(=O)(=O)N1CCC(N)C(C)C1.Cl. The minimum Gasteiger partial charge on any atom is -0.495 e. The van der Waals surface area contributed by atoms with Crippen molar-refractivity contribution < 1.29 is 21.6 Å². The molecule has 1 aromatic carbocycles. The maximum Gasteiger partial charge on any atom is 0.246 e. The molecule has 0 spiro atoms. The second-order valence-electron chi connectivity index (χ2n) is 5.88. The van der Waals surface area contributed by atoms with Crippen molar-refractivity contribution in [2.24, 2.45) is 11.7 Å². The number of nitrogens with zero attached hydrogens (tertiary/aromatic N) is 1. The summed E-state index contributed by atoms with van der Waals surface area (Å²) >= 11 is 0. The van der Waals surface area contributed by atoms with Gasteiger partial charge in [0.2, 0.25) is 10.0 Å². The largest absolute Gasteiger partial charge is 0.495 e. The maximum atomic E-state index is 12.9. The number of hydrogen-bond donors (Lipinski definition) is 1. The minimum atomic E-state index is -3.86. The average Bonchev–Trinajstić information content (AvgIpc) is 2.48. The molecule has 1 fully saturated rings. The maximum absolute atomic E-state index is 12.9. The Morgan fingerprint density at radius 3 is 2.38 bits per heavy atom. The number of methoxy groups -OCH3 is 1. The van der Waals surface area contributed by atoms with Crippen LogP contribution in [-0.4, -0.2) is 53.6 Å². The van der Waals surface area contributed by atoms with Crippen molar-refractivity contribution in [2.75, 3.05) is 26.5 Å². The van der Waals surface area contributed by atoms with E-state index in [9.17, 15) is 16.8 Å². The van der Waals surface area contributed by atoms with E-state index in [1.54, 1.807) is 0 Å². The lowest BCUT2D eigenvalue weighted by Gasteiger charge is -2.34. The predicted octanol–water partition coefficient (Wildman–Crippen LogP) is 0.878. The second-order valence-corrected chi connectivity index (χ2v) is 9.80. The number of piperidine rings is 1. The predicted molar refractivity (Wildman–Crippen MR) is 93.9 cm³/mol. The first-order valence-electron chi connectivity index (χ1n) is 7.21. The van der Waals surface area contributed by atoms with Crippen molar-refractivity contribution in [3.8, 4) is 5.75 Å². The van der Waals surface area contributed by atoms with Gasteiger partial charge in [-0.15, -0.1) is 12.4 Å². The Kier molecular flexibility index (Phi) is 6.68. The average molecular weight is 399 g/mol. The molecule has 1 saturated heterocycles. The van der Waals surface area contributed by atoms with E-state index in [0.29, 0.717) is 19.5 Å². The molecule has 24 heavy (non-hydrogen) atoms. The Bertz CT molecular complexity index is 795. The molecular formula is C14H23ClN2O5S2. The van der Waals surface area contributed by atoms with Crippen LogP contribution in [0.25, 0.3) is 0 Å². The quantitative estimate of drug-likeness (QED) is 0.806. The van der Waals surface area contributed by atoms with Crippen LogP contribution in [0.15, 0.2) is 28.0 Å². The van der Waals surface area contributed by atoms with E-state index in [2.05, 4.69) is 0 Å². The van der Waals surface area contributed by atoms with Crippen LogP contribution in [0, 0.1) is 5.92 Å². The van der Waals surface area contributed by atoms with Gasteiger partial charge in [-0.1, -0.05) is 6.92 Å². The van der Waals surface area contributed by atoms with Crippen molar-refractivity contribution in [3.05, 3.63) is 18.2 Å². The minimum absolute atomic E-state index is 0. The van der Waals surface area contributed by atoms with Gasteiger partial charge < -0.3 is 10.5 Å². The molecule has 1 heterocycles. The van der Waals surface area contributed by atoms with Crippen molar-refractivity contribution >= 4 is 32.3 Å². The normalized spacial score (nSPS) is 22.7. The van der Waals surface area contributed by atoms with E-state index >= 15 is 0 Å². The van der Waals surface area contributed by atoms with Crippen molar-refractivity contribution in [3.63, 3.8) is 0 Å². The van der Waals surface area contributed by atoms with Gasteiger partial charge >= 0.3 is 0 Å². The van der Waals surface area contributed by atoms with Crippen LogP contribution in [0.5, 0.6) is 5.75 Å². The van der Waals surface area contributed by atoms with Crippen LogP contribution in [0.2, 0.25) is 0 Å². The molecule has 2 rings (SSSR count). The van der Waals surface area contributed by atoms with E-state index < -0.39 is 19.9 Å². The Balaban J connectivity index is 0.00000288. The molecule has 7 nitrogen and oxygen atoms in total. The summed E-state index contributed by atoms with van der Waals surface area (Å²) in [5.74, 6) is 0.155. The van der Waals surface area contributed by atoms with E-state index in [0.717, 1.165) is 12.3 Å². The number of sulfone groups is 1. The summed E-state index contributed by atoms with van der Waals surface area (Å²) in [6.07, 6.45) is 1.60. The number of halogens is 1. The fourth-order valence-electron chi connectivity index (χ4n) is 2.57. The van der Waals surface area contributed by atoms with Gasteiger partial charge in [-0.25, -0.2) is 16.8 Å². The van der Waals surface area contributed by atoms with Gasteiger partial charge in [-0.3, -0.25) is 0 Å². The molecule has 1 aliphatic rings. The van der Waals surface area contributed by atoms with Crippen LogP contribution in [0.4, 0.5) is 0 Å². The monoisotopic (exact) mass is 398 g/mol. The lowest BCUT2D eigenvalue weighted by Crippen LogP contribution is -2.48. The first-order chi connectivity index (χ1) is 10.6. The number of nitrogens with two attached hydrogens (primary N) is 1. The highest BCUT2D eigenvalue weighted by Crippen LogP contribution is 2.31. The molecule has 10 heteroatoms. The first-order valence-corrected chi connectivity index (χ1v) is 10.5. The smallest absolute Gasteiger partial charge is 0.246 e. The zero-order valence-corrected chi connectivity index (χ0v) is 16.2. The van der Waals surface area contributed by atoms with E-state index in [-0.39, 0.29) is 39.9 Å². The third kappa shape index (κ3) is 4.20. The van der Waals surface area contributed by atoms with Crippen molar-refractivity contribution in [1.82, 2.24) is 4.31 Å². The topological polar surface area (TPSA) is 107 Å². The first kappa shape index (κ1) is 21.2. The van der Waals surface area contributed by atoms with Gasteiger partial charge in [0.15, 0.2) is 9.84 Å². The summed E-state index contributed by atoms with van der Waals surface area (Å²) in [6.45, 7) is 2.51. The molecule has 0 radical (unpaired) electrons. The van der Waals surface area contributed by atoms with Crippen molar-refractivity contribution in [1.29, 1.82) is 0 Å². The van der Waals surface area contributed by atoms with Crippen LogP contribution in [0.3, 0.4) is 0 Å². The molecule has 2 N–H and O–H groups in total. The van der Waals surface area contributed by atoms with Crippen LogP contribution in [-0.2, 0) is 19.9 Å². The Hall–Kier alpha value is -0.870. The standard InChI is InChI=1S/C14H22N2O5S2.ClH/c1-10-9-16(7-6-12(10)15)23(19,20)14-8-11(22(3,17)18)4-5-13(14)21-2;/h4-5,8,10,12H,6-7,9,15H2,1-3H3;1H. The number of hydrogen-bond acceptors (Lipinski definition) is 6. The Labute approximate surface area is 149 Å². The van der Waals surface area contributed by atoms with Crippen LogP contribution < -0.4 is 10.5 Å². The van der Waals surface area contributed by atoms with E-state index in [1.165, 1.54) is 23.5 Å². The second kappa shape index (κ2) is 7.57. The number of rotatable bonds is 4. The lowest BCUT2D eigenvalue weighted by molar-refractivity contribution is 0.249. The molecule has 0 aromatic heterocycles. The highest BCUT2D eigenvalue weighted by Gasteiger charge is 2.34. The number of ether oxygens (including phenoxy) is 1. The summed E-state index contributed by atoms with van der Waals surface area (Å²) in [4.78, 5) is -0.191. The molecule has 2 unspecified atom stereocenters. The zero-order valence-electron chi connectivity index (χ0n) is 13.8. The van der Waals surface area contributed by atoms with Crippen LogP contribution >= 0.6 is 12.4 Å². The molecular weight excluding hydrogens is 376 g/mol. The Morgan fingerprint density at radius 2 is 1.88 bits per heavy atom. The van der Waals surface area contributed by atoms with Crippen LogP contribution in [0.1, 0.15) is 13.3 Å². The number of sulfonamides is 1. The lowest BCUT2D eigenvalue weighted by atomic mass is 9.96. The van der Waals surface area contributed by atoms with Gasteiger partial charge in [-0.05, 0) is 30.5 Å². The highest BCUT2D eigenvalue weighted by molar-refractivity contribution is 7.91. The highest BCUT2D eigenvalue weighted by atomic mass is 35.5. The molecule has 0 saturated carbocycles. The molecule has 0 amide bonds. The van der Waals surface area contributed by atoms with Gasteiger partial charge in [0, 0.05) is 25.4 Å². The number of benzene rings is 1. The summed E-state index contributed by atoms with van der Waals surface area (Å²) in [7, 11) is -6.02. The third-order valence-electron chi connectivity index (χ3n) is 4.12.